The maximum Gasteiger partial charge on any atom is 0.262 e. The van der Waals surface area contributed by atoms with Gasteiger partial charge in [-0.05, 0) is 25.1 Å². The van der Waals surface area contributed by atoms with Gasteiger partial charge < -0.3 is 5.73 Å². The lowest BCUT2D eigenvalue weighted by atomic mass is 10.3. The molecular weight excluding hydrogens is 271 g/mol. The Kier molecular flexibility index (Phi) is 3.19. The van der Waals surface area contributed by atoms with Gasteiger partial charge in [-0.2, -0.15) is 5.10 Å². The van der Waals surface area contributed by atoms with E-state index in [4.69, 9.17) is 5.73 Å². The van der Waals surface area contributed by atoms with Gasteiger partial charge in [-0.15, -0.1) is 0 Å². The van der Waals surface area contributed by atoms with Gasteiger partial charge in [-0.3, -0.25) is 9.40 Å². The first-order valence-corrected chi connectivity index (χ1v) is 6.85. The average Bonchev–Trinajstić information content (AvgIpc) is 2.55. The molecule has 1 aromatic carbocycles. The molecule has 0 spiro atoms. The van der Waals surface area contributed by atoms with E-state index in [1.54, 1.807) is 14.0 Å². The highest BCUT2D eigenvalue weighted by molar-refractivity contribution is 7.92. The van der Waals surface area contributed by atoms with Gasteiger partial charge in [0.15, 0.2) is 0 Å². The highest BCUT2D eigenvalue weighted by atomic mass is 32.2. The normalized spacial score (nSPS) is 11.5. The Bertz CT molecular complexity index is 704. The molecule has 0 bridgehead atoms. The van der Waals surface area contributed by atoms with Gasteiger partial charge in [0.25, 0.3) is 10.0 Å². The maximum absolute atomic E-state index is 13.2. The third-order valence-electron chi connectivity index (χ3n) is 2.46. The number of nitrogens with two attached hydrogens (primary N) is 1. The number of hydrogen-bond donors (Lipinski definition) is 2. The lowest BCUT2D eigenvalue weighted by Crippen LogP contribution is -2.13. The molecule has 0 saturated heterocycles. The van der Waals surface area contributed by atoms with Crippen LogP contribution in [0, 0.1) is 12.7 Å². The smallest absolute Gasteiger partial charge is 0.262 e. The van der Waals surface area contributed by atoms with E-state index in [9.17, 15) is 12.8 Å². The molecule has 0 aliphatic carbocycles. The molecule has 102 valence electrons. The molecule has 0 amide bonds. The van der Waals surface area contributed by atoms with Crippen LogP contribution in [0.2, 0.25) is 0 Å². The number of halogens is 1. The number of hydrogen-bond acceptors (Lipinski definition) is 4. The van der Waals surface area contributed by atoms with E-state index in [0.29, 0.717) is 11.4 Å². The van der Waals surface area contributed by atoms with Gasteiger partial charge in [0.05, 0.1) is 16.3 Å². The maximum atomic E-state index is 13.2. The number of aromatic nitrogens is 2. The fraction of sp³-hybridized carbons (Fsp3) is 0.182. The highest BCUT2D eigenvalue weighted by Crippen LogP contribution is 2.21. The summed E-state index contributed by atoms with van der Waals surface area (Å²) >= 11 is 0. The van der Waals surface area contributed by atoms with Crippen molar-refractivity contribution >= 4 is 21.4 Å². The van der Waals surface area contributed by atoms with E-state index in [1.807, 2.05) is 0 Å². The van der Waals surface area contributed by atoms with Gasteiger partial charge in [-0.25, -0.2) is 12.8 Å². The third-order valence-corrected chi connectivity index (χ3v) is 3.81. The van der Waals surface area contributed by atoms with Gasteiger partial charge >= 0.3 is 0 Å². The van der Waals surface area contributed by atoms with Crippen molar-refractivity contribution < 1.29 is 12.8 Å². The molecule has 0 atom stereocenters. The Morgan fingerprint density at radius 2 is 2.05 bits per heavy atom. The van der Waals surface area contributed by atoms with Crippen molar-refractivity contribution in [1.82, 2.24) is 9.78 Å². The Morgan fingerprint density at radius 1 is 1.37 bits per heavy atom. The van der Waals surface area contributed by atoms with Gasteiger partial charge in [0.1, 0.15) is 5.82 Å². The largest absolute Gasteiger partial charge is 0.399 e. The summed E-state index contributed by atoms with van der Waals surface area (Å²) in [6, 6.07) is 3.15. The van der Waals surface area contributed by atoms with Crippen molar-refractivity contribution in [3.8, 4) is 0 Å². The van der Waals surface area contributed by atoms with E-state index in [1.165, 1.54) is 16.9 Å². The van der Waals surface area contributed by atoms with Crippen molar-refractivity contribution in [2.45, 2.75) is 11.8 Å². The van der Waals surface area contributed by atoms with Crippen LogP contribution in [0.5, 0.6) is 0 Å². The highest BCUT2D eigenvalue weighted by Gasteiger charge is 2.18. The number of anilines is 2. The summed E-state index contributed by atoms with van der Waals surface area (Å²) in [5.74, 6) is -0.705. The molecule has 1 heterocycles. The second-order valence-electron chi connectivity index (χ2n) is 4.13. The molecule has 8 heteroatoms. The molecule has 19 heavy (non-hydrogen) atoms. The number of sulfonamides is 1. The lowest BCUT2D eigenvalue weighted by Gasteiger charge is -2.07. The van der Waals surface area contributed by atoms with E-state index < -0.39 is 15.8 Å². The minimum Gasteiger partial charge on any atom is -0.399 e. The number of benzene rings is 1. The summed E-state index contributed by atoms with van der Waals surface area (Å²) in [5.41, 5.74) is 6.34. The quantitative estimate of drug-likeness (QED) is 0.830. The van der Waals surface area contributed by atoms with Crippen LogP contribution in [0.3, 0.4) is 0 Å². The predicted octanol–water partition coefficient (Wildman–Crippen LogP) is 1.25. The van der Waals surface area contributed by atoms with Crippen LogP contribution >= 0.6 is 0 Å². The fourth-order valence-electron chi connectivity index (χ4n) is 1.64. The minimum absolute atomic E-state index is 0.0447. The topological polar surface area (TPSA) is 90.0 Å². The Hall–Kier alpha value is -2.09. The van der Waals surface area contributed by atoms with Crippen molar-refractivity contribution in [3.05, 3.63) is 35.9 Å². The number of aryl methyl sites for hydroxylation is 2. The van der Waals surface area contributed by atoms with Crippen molar-refractivity contribution in [1.29, 1.82) is 0 Å². The molecule has 0 fully saturated rings. The lowest BCUT2D eigenvalue weighted by molar-refractivity contribution is 0.595. The van der Waals surface area contributed by atoms with E-state index in [-0.39, 0.29) is 10.6 Å². The van der Waals surface area contributed by atoms with E-state index in [0.717, 1.165) is 12.1 Å². The average molecular weight is 284 g/mol. The zero-order valence-corrected chi connectivity index (χ0v) is 11.2. The molecule has 0 radical (unpaired) electrons. The number of nitrogens with one attached hydrogen (secondary N) is 1. The second kappa shape index (κ2) is 4.54. The first-order valence-electron chi connectivity index (χ1n) is 5.37. The number of nitrogens with zero attached hydrogens (tertiary/aromatic N) is 2. The van der Waals surface area contributed by atoms with Gasteiger partial charge in [0.2, 0.25) is 0 Å². The molecular formula is C11H13FN4O2S. The van der Waals surface area contributed by atoms with Crippen molar-refractivity contribution in [3.63, 3.8) is 0 Å². The van der Waals surface area contributed by atoms with E-state index >= 15 is 0 Å². The zero-order valence-electron chi connectivity index (χ0n) is 10.4. The van der Waals surface area contributed by atoms with Gasteiger partial charge in [0, 0.05) is 18.9 Å². The first kappa shape index (κ1) is 13.3. The van der Waals surface area contributed by atoms with Crippen LogP contribution in [0.4, 0.5) is 15.8 Å². The standard InChI is InChI=1S/C11H13FN4O2S/c1-7-11(6-16(2)14-7)15-19(17,18)10-4-8(12)3-9(13)5-10/h3-6,15H,13H2,1-2H3. The summed E-state index contributed by atoms with van der Waals surface area (Å²) < 4.78 is 41.2. The van der Waals surface area contributed by atoms with Crippen LogP contribution in [-0.2, 0) is 17.1 Å². The SMILES string of the molecule is Cc1nn(C)cc1NS(=O)(=O)c1cc(N)cc(F)c1. The molecule has 0 aliphatic rings. The van der Waals surface area contributed by atoms with Crippen molar-refractivity contribution in [2.75, 3.05) is 10.5 Å². The molecule has 3 N–H and O–H groups in total. The predicted molar refractivity (Wildman–Crippen MR) is 69.6 cm³/mol. The van der Waals surface area contributed by atoms with Crippen LogP contribution in [-0.4, -0.2) is 18.2 Å². The summed E-state index contributed by atoms with van der Waals surface area (Å²) in [6.45, 7) is 1.66. The monoisotopic (exact) mass is 284 g/mol. The molecule has 2 rings (SSSR count). The van der Waals surface area contributed by atoms with Crippen LogP contribution < -0.4 is 10.5 Å². The molecule has 6 nitrogen and oxygen atoms in total. The zero-order chi connectivity index (χ0) is 14.2. The molecule has 2 aromatic rings. The van der Waals surface area contributed by atoms with Crippen LogP contribution in [0.25, 0.3) is 0 Å². The van der Waals surface area contributed by atoms with Gasteiger partial charge in [-0.1, -0.05) is 0 Å². The Morgan fingerprint density at radius 3 is 2.58 bits per heavy atom. The molecule has 0 saturated carbocycles. The second-order valence-corrected chi connectivity index (χ2v) is 5.81. The number of rotatable bonds is 3. The minimum atomic E-state index is -3.89. The molecule has 1 aromatic heterocycles. The van der Waals surface area contributed by atoms with Crippen molar-refractivity contribution in [2.24, 2.45) is 7.05 Å². The van der Waals surface area contributed by atoms with Crippen LogP contribution in [0.1, 0.15) is 5.69 Å². The van der Waals surface area contributed by atoms with Crippen LogP contribution in [0.15, 0.2) is 29.3 Å². The third kappa shape index (κ3) is 2.84. The summed E-state index contributed by atoms with van der Waals surface area (Å²) in [7, 11) is -2.22. The molecule has 0 unspecified atom stereocenters. The Labute approximate surface area is 110 Å². The molecule has 0 aliphatic heterocycles. The summed E-state index contributed by atoms with van der Waals surface area (Å²) in [6.07, 6.45) is 1.52. The first-order chi connectivity index (χ1) is 8.78. The fourth-order valence-corrected chi connectivity index (χ4v) is 2.81. The van der Waals surface area contributed by atoms with E-state index in [2.05, 4.69) is 9.82 Å². The Balaban J connectivity index is 2.40. The summed E-state index contributed by atoms with van der Waals surface area (Å²) in [4.78, 5) is -0.228. The number of nitrogen functional groups attached to an aromatic ring is 1. The summed E-state index contributed by atoms with van der Waals surface area (Å²) in [5, 5.41) is 4.01.